The van der Waals surface area contributed by atoms with Crippen molar-refractivity contribution in [1.29, 1.82) is 0 Å². The molecular weight excluding hydrogens is 490 g/mol. The minimum atomic E-state index is -3.17. The van der Waals surface area contributed by atoms with Gasteiger partial charge in [-0.15, -0.1) is 11.3 Å². The van der Waals surface area contributed by atoms with Gasteiger partial charge in [0.15, 0.2) is 9.84 Å². The van der Waals surface area contributed by atoms with Crippen molar-refractivity contribution in [3.63, 3.8) is 0 Å². The Balaban J connectivity index is 1.57. The molecule has 0 aliphatic heterocycles. The summed E-state index contributed by atoms with van der Waals surface area (Å²) in [5.41, 5.74) is 1.13. The molecule has 0 aliphatic rings. The first-order chi connectivity index (χ1) is 16.6. The number of esters is 1. The van der Waals surface area contributed by atoms with Crippen molar-refractivity contribution in [2.45, 2.75) is 13.2 Å². The van der Waals surface area contributed by atoms with Crippen LogP contribution in [0, 0.1) is 0 Å². The van der Waals surface area contributed by atoms with Crippen LogP contribution in [0.1, 0.15) is 20.8 Å². The van der Waals surface area contributed by atoms with E-state index in [0.29, 0.717) is 16.1 Å². The number of carbonyl (C=O) groups is 1. The molecule has 0 atom stereocenters. The van der Waals surface area contributed by atoms with Crippen LogP contribution in [0.3, 0.4) is 0 Å². The molecule has 182 valence electrons. The van der Waals surface area contributed by atoms with E-state index in [1.807, 2.05) is 30.3 Å². The van der Waals surface area contributed by atoms with Crippen molar-refractivity contribution in [3.05, 3.63) is 97.5 Å². The van der Waals surface area contributed by atoms with Crippen molar-refractivity contribution in [2.24, 2.45) is 7.05 Å². The Bertz CT molecular complexity index is 1600. The molecule has 2 heterocycles. The number of hydrogen-bond acceptors (Lipinski definition) is 8. The standard InChI is InChI=1S/C24H23N3O6S2/c1-26-22-19(12-20(34-22)23(29)33-14-17-6-4-3-5-7-17)21(28)27(24(26)30)13-16-8-10-18(11-9-16)25-15-35(2,31)32/h3-12,25H,13-15H2,1-2H3. The Kier molecular flexibility index (Phi) is 6.90. The van der Waals surface area contributed by atoms with Crippen molar-refractivity contribution in [3.8, 4) is 0 Å². The smallest absolute Gasteiger partial charge is 0.348 e. The summed E-state index contributed by atoms with van der Waals surface area (Å²) in [6, 6.07) is 17.5. The zero-order valence-electron chi connectivity index (χ0n) is 19.1. The molecule has 2 aromatic heterocycles. The van der Waals surface area contributed by atoms with Crippen molar-refractivity contribution in [1.82, 2.24) is 9.13 Å². The summed E-state index contributed by atoms with van der Waals surface area (Å²) in [5.74, 6) is -0.761. The molecule has 9 nitrogen and oxygen atoms in total. The maximum atomic E-state index is 13.1. The van der Waals surface area contributed by atoms with E-state index in [2.05, 4.69) is 5.32 Å². The third-order valence-corrected chi connectivity index (χ3v) is 7.12. The quantitative estimate of drug-likeness (QED) is 0.360. The van der Waals surface area contributed by atoms with E-state index < -0.39 is 27.1 Å². The van der Waals surface area contributed by atoms with Crippen LogP contribution in [0.25, 0.3) is 10.2 Å². The minimum absolute atomic E-state index is 0.0252. The minimum Gasteiger partial charge on any atom is -0.457 e. The fourth-order valence-corrected chi connectivity index (χ4v) is 4.87. The van der Waals surface area contributed by atoms with E-state index >= 15 is 0 Å². The molecule has 0 radical (unpaired) electrons. The van der Waals surface area contributed by atoms with Crippen LogP contribution in [0.2, 0.25) is 0 Å². The maximum Gasteiger partial charge on any atom is 0.348 e. The number of nitrogens with one attached hydrogen (secondary N) is 1. The zero-order valence-corrected chi connectivity index (χ0v) is 20.7. The first kappa shape index (κ1) is 24.4. The molecule has 0 saturated heterocycles. The Morgan fingerprint density at radius 1 is 1.03 bits per heavy atom. The number of hydrogen-bond donors (Lipinski definition) is 1. The monoisotopic (exact) mass is 513 g/mol. The number of aromatic nitrogens is 2. The van der Waals surface area contributed by atoms with Crippen LogP contribution in [0.15, 0.2) is 70.3 Å². The molecule has 1 N–H and O–H groups in total. The molecule has 2 aromatic carbocycles. The summed E-state index contributed by atoms with van der Waals surface area (Å²) < 4.78 is 30.4. The molecule has 0 fully saturated rings. The van der Waals surface area contributed by atoms with E-state index in [9.17, 15) is 22.8 Å². The molecule has 0 amide bonds. The highest BCUT2D eigenvalue weighted by atomic mass is 32.2. The number of benzene rings is 2. The van der Waals surface area contributed by atoms with Gasteiger partial charge in [-0.2, -0.15) is 0 Å². The Labute approximate surface area is 205 Å². The van der Waals surface area contributed by atoms with E-state index in [-0.39, 0.29) is 29.3 Å². The highest BCUT2D eigenvalue weighted by Gasteiger charge is 2.19. The van der Waals surface area contributed by atoms with Crippen molar-refractivity contribution < 1.29 is 17.9 Å². The highest BCUT2D eigenvalue weighted by molar-refractivity contribution is 7.90. The average Bonchev–Trinajstić information content (AvgIpc) is 3.29. The van der Waals surface area contributed by atoms with Gasteiger partial charge in [0.25, 0.3) is 5.56 Å². The molecule has 0 spiro atoms. The van der Waals surface area contributed by atoms with Gasteiger partial charge in [-0.05, 0) is 29.3 Å². The molecule has 0 unspecified atom stereocenters. The van der Waals surface area contributed by atoms with Crippen LogP contribution in [0.5, 0.6) is 0 Å². The van der Waals surface area contributed by atoms with Crippen molar-refractivity contribution in [2.75, 3.05) is 17.4 Å². The van der Waals surface area contributed by atoms with E-state index in [0.717, 1.165) is 27.7 Å². The molecule has 0 aliphatic carbocycles. The lowest BCUT2D eigenvalue weighted by molar-refractivity contribution is 0.0478. The lowest BCUT2D eigenvalue weighted by Crippen LogP contribution is -2.38. The lowest BCUT2D eigenvalue weighted by Gasteiger charge is -2.10. The normalized spacial score (nSPS) is 11.5. The summed E-state index contributed by atoms with van der Waals surface area (Å²) in [6.45, 7) is 0.129. The first-order valence-corrected chi connectivity index (χ1v) is 13.4. The van der Waals surface area contributed by atoms with Crippen LogP contribution >= 0.6 is 11.3 Å². The number of ether oxygens (including phenoxy) is 1. The van der Waals surface area contributed by atoms with E-state index in [1.54, 1.807) is 31.3 Å². The van der Waals surface area contributed by atoms with Gasteiger partial charge < -0.3 is 10.1 Å². The van der Waals surface area contributed by atoms with E-state index in [1.165, 1.54) is 10.6 Å². The molecular formula is C24H23N3O6S2. The number of rotatable bonds is 8. The number of nitrogens with zero attached hydrogens (tertiary/aromatic N) is 2. The highest BCUT2D eigenvalue weighted by Crippen LogP contribution is 2.23. The van der Waals surface area contributed by atoms with Crippen LogP contribution in [-0.2, 0) is 34.8 Å². The van der Waals surface area contributed by atoms with E-state index in [4.69, 9.17) is 4.74 Å². The Morgan fingerprint density at radius 3 is 2.37 bits per heavy atom. The number of carbonyl (C=O) groups excluding carboxylic acids is 1. The Hall–Kier alpha value is -3.70. The van der Waals surface area contributed by atoms with Gasteiger partial charge in [0, 0.05) is 19.0 Å². The molecule has 4 rings (SSSR count). The third kappa shape index (κ3) is 5.69. The molecule has 11 heteroatoms. The zero-order chi connectivity index (χ0) is 25.2. The number of sulfone groups is 1. The van der Waals surface area contributed by atoms with Gasteiger partial charge in [-0.1, -0.05) is 42.5 Å². The molecule has 35 heavy (non-hydrogen) atoms. The molecule has 4 aromatic rings. The second-order valence-corrected chi connectivity index (χ2v) is 11.2. The number of anilines is 1. The average molecular weight is 514 g/mol. The maximum absolute atomic E-state index is 13.1. The largest absolute Gasteiger partial charge is 0.457 e. The molecule has 0 bridgehead atoms. The summed E-state index contributed by atoms with van der Waals surface area (Å²) in [4.78, 5) is 39.2. The third-order valence-electron chi connectivity index (χ3n) is 5.26. The van der Waals surface area contributed by atoms with Gasteiger partial charge in [0.05, 0.1) is 11.9 Å². The van der Waals surface area contributed by atoms with Gasteiger partial charge >= 0.3 is 11.7 Å². The number of fused-ring (bicyclic) bond motifs is 1. The second kappa shape index (κ2) is 9.88. The fraction of sp³-hybridized carbons (Fsp3) is 0.208. The van der Waals surface area contributed by atoms with Gasteiger partial charge in [0.2, 0.25) is 0 Å². The summed E-state index contributed by atoms with van der Waals surface area (Å²) in [5, 5.41) is 3.06. The SMILES string of the molecule is Cn1c(=O)n(Cc2ccc(NCS(C)(=O)=O)cc2)c(=O)c2cc(C(=O)OCc3ccccc3)sc21. The van der Waals surface area contributed by atoms with Crippen LogP contribution in [0.4, 0.5) is 5.69 Å². The predicted octanol–water partition coefficient (Wildman–Crippen LogP) is 2.58. The van der Waals surface area contributed by atoms with Gasteiger partial charge in [-0.25, -0.2) is 18.0 Å². The number of thiophene rings is 1. The second-order valence-electron chi connectivity index (χ2n) is 8.07. The predicted molar refractivity (Wildman–Crippen MR) is 136 cm³/mol. The van der Waals surface area contributed by atoms with Gasteiger partial charge in [0.1, 0.15) is 22.2 Å². The number of aryl methyl sites for hydroxylation is 1. The van der Waals surface area contributed by atoms with Crippen LogP contribution < -0.4 is 16.6 Å². The summed E-state index contributed by atoms with van der Waals surface area (Å²) >= 11 is 1.04. The van der Waals surface area contributed by atoms with Gasteiger partial charge in [-0.3, -0.25) is 13.9 Å². The fourth-order valence-electron chi connectivity index (χ4n) is 3.44. The first-order valence-electron chi connectivity index (χ1n) is 10.6. The lowest BCUT2D eigenvalue weighted by atomic mass is 10.2. The van der Waals surface area contributed by atoms with Crippen molar-refractivity contribution >= 4 is 43.0 Å². The molecule has 0 saturated carbocycles. The Morgan fingerprint density at radius 2 is 1.71 bits per heavy atom. The topological polar surface area (TPSA) is 116 Å². The van der Waals surface area contributed by atoms with Crippen LogP contribution in [-0.4, -0.2) is 35.7 Å². The summed E-state index contributed by atoms with van der Waals surface area (Å²) in [6.07, 6.45) is 1.13. The summed E-state index contributed by atoms with van der Waals surface area (Å²) in [7, 11) is -1.62.